The van der Waals surface area contributed by atoms with E-state index in [4.69, 9.17) is 54.2 Å². The van der Waals surface area contributed by atoms with E-state index in [-0.39, 0.29) is 70.4 Å². The molecule has 3 aliphatic heterocycles. The first-order valence-electron chi connectivity index (χ1n) is 25.9. The molecule has 0 radical (unpaired) electrons. The Balaban J connectivity index is 0. The van der Waals surface area contributed by atoms with Crippen LogP contribution in [0.4, 0.5) is 0 Å². The summed E-state index contributed by atoms with van der Waals surface area (Å²) in [6.45, 7) is 29.5. The van der Waals surface area contributed by atoms with E-state index < -0.39 is 114 Å². The second kappa shape index (κ2) is 38.3. The lowest BCUT2D eigenvalue weighted by Gasteiger charge is -2.51. The Labute approximate surface area is 479 Å². The maximum atomic E-state index is 13.6. The summed E-state index contributed by atoms with van der Waals surface area (Å²) in [5.41, 5.74) is -0.853. The normalized spacial score (nSPS) is 25.2. The zero-order chi connectivity index (χ0) is 60.7. The maximum Gasteiger partial charge on any atom is 0.330 e. The fraction of sp³-hybridized carbons (Fsp3) is 0.644. The third-order valence-electron chi connectivity index (χ3n) is 11.6. The molecule has 9 atom stereocenters. The highest BCUT2D eigenvalue weighted by molar-refractivity contribution is 6.26. The highest BCUT2D eigenvalue weighted by atomic mass is 35.5. The molecule has 21 heteroatoms. The van der Waals surface area contributed by atoms with Crippen LogP contribution in [0.3, 0.4) is 0 Å². The average molecular weight is 1160 g/mol. The lowest BCUT2D eigenvalue weighted by atomic mass is 9.74. The molecule has 0 aromatic heterocycles. The number of carbonyl (C=O) groups is 7. The summed E-state index contributed by atoms with van der Waals surface area (Å²) >= 11 is 5.66. The monoisotopic (exact) mass is 1160 g/mol. The van der Waals surface area contributed by atoms with Gasteiger partial charge in [-0.1, -0.05) is 113 Å². The van der Waals surface area contributed by atoms with Gasteiger partial charge in [0.15, 0.2) is 12.4 Å². The summed E-state index contributed by atoms with van der Waals surface area (Å²) in [5, 5.41) is 23.8. The molecule has 1 aromatic rings. The Kier molecular flexibility index (Phi) is 36.6. The van der Waals surface area contributed by atoms with Crippen molar-refractivity contribution in [3.63, 3.8) is 0 Å². The number of carbonyl (C=O) groups excluding carboxylic acids is 7. The van der Waals surface area contributed by atoms with Crippen LogP contribution >= 0.6 is 11.6 Å². The molecule has 2 saturated heterocycles. The van der Waals surface area contributed by atoms with Gasteiger partial charge in [0.25, 0.3) is 0 Å². The Morgan fingerprint density at radius 2 is 1.44 bits per heavy atom. The molecule has 0 spiro atoms. The number of cyclic esters (lactones) is 2. The summed E-state index contributed by atoms with van der Waals surface area (Å²) in [5.74, 6) is -7.14. The number of esters is 7. The standard InChI is InChI=1S/C44H61ClO16.C5H12.C4H6O2.C3H6O2.C2H4.CH4/c1-8-35(47)60-41-29(19-36(48)53-7)18-32-22-33(27(2)55-25-28-12-10-9-11-13-28)58-37(49)20-30(46)21-38(50)59-34(42(3,4)26-56-39(51)24-45)23-31-15-17-54-40(57-31)14-16-43(5,6)44(41,52)61-32;1-5(2,3)4;1-3-4(5)6-2;1-3(4)5-2;1-2;/h9-14,16,19,27,30-34,40-41,46,52H,8,15,17-18,20-26H2,1-7H3;1-4H3;3H,1H2,2H3;1-2H3;1-2H2;1H4/b16-14+,29-19+;;;;;/t27-,30+,31+,32+,33-,34+,40+,41+,44-;;;;;/m1...../s1. The molecule has 4 rings (SSSR count). The predicted molar refractivity (Wildman–Crippen MR) is 300 cm³/mol. The molecule has 3 heterocycles. The fourth-order valence-corrected chi connectivity index (χ4v) is 7.35. The van der Waals surface area contributed by atoms with E-state index in [1.165, 1.54) is 28.3 Å². The van der Waals surface area contributed by atoms with Crippen molar-refractivity contribution in [2.75, 3.05) is 40.4 Å². The molecule has 80 heavy (non-hydrogen) atoms. The minimum absolute atomic E-state index is 0. The smallest absolute Gasteiger partial charge is 0.330 e. The minimum Gasteiger partial charge on any atom is -0.469 e. The first kappa shape index (κ1) is 76.6. The van der Waals surface area contributed by atoms with Crippen LogP contribution < -0.4 is 0 Å². The molecule has 3 aliphatic rings. The van der Waals surface area contributed by atoms with Gasteiger partial charge in [0.05, 0.1) is 78.4 Å². The van der Waals surface area contributed by atoms with Crippen molar-refractivity contribution in [2.24, 2.45) is 16.2 Å². The molecule has 0 amide bonds. The van der Waals surface area contributed by atoms with Crippen molar-refractivity contribution in [3.8, 4) is 0 Å². The van der Waals surface area contributed by atoms with Gasteiger partial charge in [0, 0.05) is 49.2 Å². The Morgan fingerprint density at radius 1 is 0.875 bits per heavy atom. The van der Waals surface area contributed by atoms with Crippen LogP contribution in [0.1, 0.15) is 134 Å². The summed E-state index contributed by atoms with van der Waals surface area (Å²) in [4.78, 5) is 84.1. The molecule has 0 saturated carbocycles. The zero-order valence-corrected chi connectivity index (χ0v) is 49.6. The first-order chi connectivity index (χ1) is 36.9. The van der Waals surface area contributed by atoms with Crippen LogP contribution in [-0.2, 0) is 92.3 Å². The van der Waals surface area contributed by atoms with Crippen LogP contribution in [0.2, 0.25) is 0 Å². The van der Waals surface area contributed by atoms with Crippen molar-refractivity contribution in [2.45, 2.75) is 190 Å². The van der Waals surface area contributed by atoms with E-state index in [1.807, 2.05) is 30.3 Å². The van der Waals surface area contributed by atoms with Gasteiger partial charge in [-0.05, 0) is 42.4 Å². The molecular formula is C59H93ClO20. The SMILES string of the molecule is C.C=C.C=CC(=O)OC.CC(C)(C)C.CCC(=O)O[C@H]1/C(=C/C(=O)OC)C[C@H]2C[C@H]([C@@H](C)OCc3ccccc3)OC(=O)C[C@H](O)CC(=O)O[C@H](C(C)(C)COC(=O)CCl)C[C@@H]3CCO[C@H](/C=C/C(C)(C)[C@]1(O)O2)O3.COC(C)=O. The molecular weight excluding hydrogens is 1060 g/mol. The van der Waals surface area contributed by atoms with E-state index in [9.17, 15) is 43.8 Å². The molecule has 1 aromatic carbocycles. The van der Waals surface area contributed by atoms with Crippen molar-refractivity contribution in [1.29, 1.82) is 0 Å². The second-order valence-corrected chi connectivity index (χ2v) is 21.5. The maximum absolute atomic E-state index is 13.6. The first-order valence-corrected chi connectivity index (χ1v) is 26.4. The number of aliphatic hydroxyl groups is 2. The topological polar surface area (TPSA) is 261 Å². The quantitative estimate of drug-likeness (QED) is 0.0651. The highest BCUT2D eigenvalue weighted by Crippen LogP contribution is 2.47. The fourth-order valence-electron chi connectivity index (χ4n) is 7.27. The van der Waals surface area contributed by atoms with Gasteiger partial charge in [-0.2, -0.15) is 0 Å². The summed E-state index contributed by atoms with van der Waals surface area (Å²) < 4.78 is 61.2. The molecule has 2 N–H and O–H groups in total. The molecule has 0 unspecified atom stereocenters. The van der Waals surface area contributed by atoms with Gasteiger partial charge in [0.2, 0.25) is 5.79 Å². The number of halogens is 1. The van der Waals surface area contributed by atoms with E-state index >= 15 is 0 Å². The number of fused-ring (bicyclic) bond motifs is 4. The molecule has 2 fully saturated rings. The lowest BCUT2D eigenvalue weighted by molar-refractivity contribution is -0.327. The number of rotatable bonds is 12. The van der Waals surface area contributed by atoms with Gasteiger partial charge in [0.1, 0.15) is 18.1 Å². The third kappa shape index (κ3) is 29.8. The largest absolute Gasteiger partial charge is 0.469 e. The van der Waals surface area contributed by atoms with E-state index in [0.717, 1.165) is 17.7 Å². The van der Waals surface area contributed by atoms with Crippen LogP contribution in [0.5, 0.6) is 0 Å². The molecule has 4 bridgehead atoms. The van der Waals surface area contributed by atoms with Crippen LogP contribution in [0.25, 0.3) is 0 Å². The summed E-state index contributed by atoms with van der Waals surface area (Å²) in [6, 6.07) is 9.30. The van der Waals surface area contributed by atoms with Crippen molar-refractivity contribution >= 4 is 53.4 Å². The average Bonchev–Trinajstić information content (AvgIpc) is 3.39. The Hall–Kier alpha value is -5.48. The lowest BCUT2D eigenvalue weighted by Crippen LogP contribution is -2.62. The minimum atomic E-state index is -2.35. The number of hydrogen-bond donors (Lipinski definition) is 2. The van der Waals surface area contributed by atoms with Gasteiger partial charge >= 0.3 is 41.8 Å². The van der Waals surface area contributed by atoms with Crippen molar-refractivity contribution < 1.29 is 95.9 Å². The second-order valence-electron chi connectivity index (χ2n) is 21.2. The predicted octanol–water partition coefficient (Wildman–Crippen LogP) is 8.79. The third-order valence-corrected chi connectivity index (χ3v) is 11.9. The number of benzene rings is 1. The van der Waals surface area contributed by atoms with Crippen molar-refractivity contribution in [3.05, 3.63) is 85.5 Å². The molecule has 0 aliphatic carbocycles. The number of hydrogen-bond acceptors (Lipinski definition) is 20. The van der Waals surface area contributed by atoms with Gasteiger partial charge in [-0.15, -0.1) is 24.8 Å². The van der Waals surface area contributed by atoms with Crippen LogP contribution in [0.15, 0.2) is 79.9 Å². The molecule has 20 nitrogen and oxygen atoms in total. The van der Waals surface area contributed by atoms with Crippen molar-refractivity contribution in [1.82, 2.24) is 0 Å². The molecule has 456 valence electrons. The zero-order valence-electron chi connectivity index (χ0n) is 48.8. The highest BCUT2D eigenvalue weighted by Gasteiger charge is 2.58. The van der Waals surface area contributed by atoms with E-state index in [1.54, 1.807) is 53.7 Å². The van der Waals surface area contributed by atoms with Gasteiger partial charge < -0.3 is 62.3 Å². The summed E-state index contributed by atoms with van der Waals surface area (Å²) in [6.07, 6.45) is -3.70. The van der Waals surface area contributed by atoms with Gasteiger partial charge in [-0.3, -0.25) is 24.0 Å². The number of ether oxygens (including phenoxy) is 11. The number of alkyl halides is 1. The summed E-state index contributed by atoms with van der Waals surface area (Å²) in [7, 11) is 3.85. The Morgan fingerprint density at radius 3 is 1.94 bits per heavy atom. The number of aliphatic hydroxyl groups excluding tert-OH is 1. The van der Waals surface area contributed by atoms with E-state index in [0.29, 0.717) is 11.8 Å². The van der Waals surface area contributed by atoms with Gasteiger partial charge in [-0.25, -0.2) is 9.59 Å². The van der Waals surface area contributed by atoms with Crippen LogP contribution in [0, 0.1) is 16.2 Å². The Bertz CT molecular complexity index is 2110. The number of methoxy groups -OCH3 is 3. The van der Waals surface area contributed by atoms with E-state index in [2.05, 4.69) is 56.9 Å². The van der Waals surface area contributed by atoms with Crippen LogP contribution in [-0.4, -0.2) is 147 Å².